The van der Waals surface area contributed by atoms with Gasteiger partial charge in [-0.3, -0.25) is 0 Å². The van der Waals surface area contributed by atoms with Crippen LogP contribution in [0.2, 0.25) is 0 Å². The summed E-state index contributed by atoms with van der Waals surface area (Å²) in [7, 11) is -3.06. The molecular weight excluding hydrogens is 358 g/mol. The van der Waals surface area contributed by atoms with E-state index in [1.165, 1.54) is 5.56 Å². The summed E-state index contributed by atoms with van der Waals surface area (Å²) in [6.45, 7) is 4.58. The van der Waals surface area contributed by atoms with Crippen molar-refractivity contribution >= 4 is 43.2 Å². The fourth-order valence-corrected chi connectivity index (χ4v) is 5.88. The second kappa shape index (κ2) is 6.71. The number of hydrogen-bond donors (Lipinski definition) is 0. The van der Waals surface area contributed by atoms with Crippen molar-refractivity contribution in [1.29, 1.82) is 0 Å². The summed E-state index contributed by atoms with van der Waals surface area (Å²) in [5.41, 5.74) is 3.41. The van der Waals surface area contributed by atoms with Crippen LogP contribution in [0, 0.1) is 6.92 Å². The molecule has 1 saturated heterocycles. The molecule has 1 fully saturated rings. The summed E-state index contributed by atoms with van der Waals surface area (Å²) < 4.78 is 24.7. The smallest absolute Gasteiger partial charge is 0.171 e. The van der Waals surface area contributed by atoms with Gasteiger partial charge in [-0.15, -0.1) is 0 Å². The van der Waals surface area contributed by atoms with Crippen LogP contribution in [0.1, 0.15) is 18.1 Å². The number of benzene rings is 1. The van der Waals surface area contributed by atoms with Gasteiger partial charge in [-0.05, 0) is 18.6 Å². The van der Waals surface area contributed by atoms with Crippen molar-refractivity contribution in [3.8, 4) is 0 Å². The SMILES string of the molecule is CCS(=O)(=O)C1CSCCN1c1ccc(C)cc1CBr. The Bertz CT molecular complexity index is 575. The quantitative estimate of drug-likeness (QED) is 0.754. The minimum absolute atomic E-state index is 0.199. The zero-order chi connectivity index (χ0) is 14.8. The minimum atomic E-state index is -3.06. The molecule has 0 saturated carbocycles. The van der Waals surface area contributed by atoms with Crippen LogP contribution in [0.5, 0.6) is 0 Å². The molecule has 1 aromatic rings. The molecule has 1 heterocycles. The molecular formula is C14H20BrNO2S2. The molecule has 1 unspecified atom stereocenters. The lowest BCUT2D eigenvalue weighted by Gasteiger charge is -2.37. The average molecular weight is 378 g/mol. The lowest BCUT2D eigenvalue weighted by molar-refractivity contribution is 0.579. The molecule has 2 rings (SSSR count). The molecule has 0 radical (unpaired) electrons. The van der Waals surface area contributed by atoms with Gasteiger partial charge in [0.25, 0.3) is 0 Å². The van der Waals surface area contributed by atoms with Crippen LogP contribution in [0.25, 0.3) is 0 Å². The van der Waals surface area contributed by atoms with Crippen LogP contribution in [0.4, 0.5) is 5.69 Å². The molecule has 0 spiro atoms. The van der Waals surface area contributed by atoms with E-state index in [0.29, 0.717) is 5.75 Å². The van der Waals surface area contributed by atoms with E-state index in [1.807, 2.05) is 0 Å². The van der Waals surface area contributed by atoms with Gasteiger partial charge in [0.1, 0.15) is 5.37 Å². The van der Waals surface area contributed by atoms with Crippen molar-refractivity contribution in [3.63, 3.8) is 0 Å². The van der Waals surface area contributed by atoms with Crippen LogP contribution in [-0.2, 0) is 15.2 Å². The fraction of sp³-hybridized carbons (Fsp3) is 0.571. The second-order valence-electron chi connectivity index (χ2n) is 4.94. The number of nitrogens with zero attached hydrogens (tertiary/aromatic N) is 1. The Balaban J connectivity index is 2.43. The van der Waals surface area contributed by atoms with Crippen LogP contribution >= 0.6 is 27.7 Å². The summed E-state index contributed by atoms with van der Waals surface area (Å²) in [6.07, 6.45) is 0. The number of anilines is 1. The Morgan fingerprint density at radius 1 is 1.45 bits per heavy atom. The molecule has 20 heavy (non-hydrogen) atoms. The maximum absolute atomic E-state index is 12.3. The number of alkyl halides is 1. The van der Waals surface area contributed by atoms with Crippen LogP contribution < -0.4 is 4.90 Å². The highest BCUT2D eigenvalue weighted by Crippen LogP contribution is 2.31. The Morgan fingerprint density at radius 3 is 2.85 bits per heavy atom. The van der Waals surface area contributed by atoms with E-state index in [9.17, 15) is 8.42 Å². The van der Waals surface area contributed by atoms with Crippen LogP contribution in [0.3, 0.4) is 0 Å². The fourth-order valence-electron chi connectivity index (χ4n) is 2.45. The standard InChI is InChI=1S/C14H20BrNO2S2/c1-3-20(17,18)14-10-19-7-6-16(14)13-5-4-11(2)8-12(13)9-15/h4-5,8,14H,3,6-7,9-10H2,1-2H3. The molecule has 1 atom stereocenters. The molecule has 1 aromatic carbocycles. The van der Waals surface area contributed by atoms with Crippen LogP contribution in [0.15, 0.2) is 18.2 Å². The van der Waals surface area contributed by atoms with E-state index >= 15 is 0 Å². The third kappa shape index (κ3) is 3.34. The van der Waals surface area contributed by atoms with Crippen molar-refractivity contribution in [2.45, 2.75) is 24.6 Å². The first-order valence-corrected chi connectivity index (χ1v) is 10.7. The van der Waals surface area contributed by atoms with Gasteiger partial charge in [0.15, 0.2) is 9.84 Å². The molecule has 1 aliphatic heterocycles. The van der Waals surface area contributed by atoms with Crippen molar-refractivity contribution in [2.75, 3.05) is 28.7 Å². The van der Waals surface area contributed by atoms with E-state index in [2.05, 4.69) is 46.0 Å². The van der Waals surface area contributed by atoms with Gasteiger partial charge in [0, 0.05) is 34.8 Å². The molecule has 112 valence electrons. The van der Waals surface area contributed by atoms with Gasteiger partial charge in [-0.1, -0.05) is 40.5 Å². The second-order valence-corrected chi connectivity index (χ2v) is 9.10. The summed E-state index contributed by atoms with van der Waals surface area (Å²) in [5.74, 6) is 1.83. The summed E-state index contributed by atoms with van der Waals surface area (Å²) in [5, 5.41) is 0.346. The molecule has 0 amide bonds. The van der Waals surface area contributed by atoms with Crippen molar-refractivity contribution in [1.82, 2.24) is 0 Å². The first-order chi connectivity index (χ1) is 9.49. The number of halogens is 1. The highest BCUT2D eigenvalue weighted by molar-refractivity contribution is 9.08. The number of sulfone groups is 1. The third-order valence-electron chi connectivity index (χ3n) is 3.59. The molecule has 0 N–H and O–H groups in total. The highest BCUT2D eigenvalue weighted by atomic mass is 79.9. The average Bonchev–Trinajstić information content (AvgIpc) is 2.47. The van der Waals surface area contributed by atoms with E-state index in [4.69, 9.17) is 0 Å². The summed E-state index contributed by atoms with van der Waals surface area (Å²) >= 11 is 5.24. The molecule has 1 aliphatic rings. The number of hydrogen-bond acceptors (Lipinski definition) is 4. The van der Waals surface area contributed by atoms with Gasteiger partial charge in [0.2, 0.25) is 0 Å². The normalized spacial score (nSPS) is 20.1. The van der Waals surface area contributed by atoms with Crippen molar-refractivity contribution < 1.29 is 8.42 Å². The van der Waals surface area contributed by atoms with Gasteiger partial charge in [-0.25, -0.2) is 8.42 Å². The highest BCUT2D eigenvalue weighted by Gasteiger charge is 2.33. The summed E-state index contributed by atoms with van der Waals surface area (Å²) in [4.78, 5) is 2.07. The minimum Gasteiger partial charge on any atom is -0.353 e. The lowest BCUT2D eigenvalue weighted by Crippen LogP contribution is -2.48. The van der Waals surface area contributed by atoms with E-state index in [0.717, 1.165) is 28.9 Å². The maximum Gasteiger partial charge on any atom is 0.171 e. The van der Waals surface area contributed by atoms with Crippen molar-refractivity contribution in [3.05, 3.63) is 29.3 Å². The summed E-state index contributed by atoms with van der Waals surface area (Å²) in [6, 6.07) is 6.24. The van der Waals surface area contributed by atoms with Gasteiger partial charge < -0.3 is 4.90 Å². The Morgan fingerprint density at radius 2 is 2.20 bits per heavy atom. The van der Waals surface area contributed by atoms with Crippen molar-refractivity contribution in [2.24, 2.45) is 0 Å². The number of thioether (sulfide) groups is 1. The van der Waals surface area contributed by atoms with Gasteiger partial charge in [-0.2, -0.15) is 11.8 Å². The predicted molar refractivity (Wildman–Crippen MR) is 91.7 cm³/mol. The largest absolute Gasteiger partial charge is 0.353 e. The molecule has 6 heteroatoms. The van der Waals surface area contributed by atoms with Gasteiger partial charge in [0.05, 0.1) is 0 Å². The maximum atomic E-state index is 12.3. The zero-order valence-electron chi connectivity index (χ0n) is 11.8. The third-order valence-corrected chi connectivity index (χ3v) is 7.48. The molecule has 0 bridgehead atoms. The zero-order valence-corrected chi connectivity index (χ0v) is 15.0. The molecule has 0 aliphatic carbocycles. The lowest BCUT2D eigenvalue weighted by atomic mass is 10.1. The number of rotatable bonds is 4. The first kappa shape index (κ1) is 16.2. The van der Waals surface area contributed by atoms with E-state index in [-0.39, 0.29) is 5.75 Å². The van der Waals surface area contributed by atoms with Gasteiger partial charge >= 0.3 is 0 Å². The Hall–Kier alpha value is -0.200. The first-order valence-electron chi connectivity index (χ1n) is 6.71. The Kier molecular flexibility index (Phi) is 5.42. The monoisotopic (exact) mass is 377 g/mol. The Labute approximate surface area is 134 Å². The number of aryl methyl sites for hydroxylation is 1. The van der Waals surface area contributed by atoms with Crippen LogP contribution in [-0.4, -0.2) is 37.6 Å². The molecule has 3 nitrogen and oxygen atoms in total. The van der Waals surface area contributed by atoms with E-state index < -0.39 is 15.2 Å². The van der Waals surface area contributed by atoms with E-state index in [1.54, 1.807) is 18.7 Å². The topological polar surface area (TPSA) is 37.4 Å². The predicted octanol–water partition coefficient (Wildman–Crippen LogP) is 3.20. The molecule has 0 aromatic heterocycles.